The smallest absolute Gasteiger partial charge is 0.342 e. The molecule has 0 bridgehead atoms. The number of pyridine rings is 1. The standard InChI is InChI=1S/C16H15N3O6/c1-19(2)14(21)8-5-3-7(4-6-8)9-10(15(22)23)12(17)18-13(20)11(9)16(24)25/h3-6H,1-2H3,(H,22,23)(H,24,25)(H3,17,18,20). The second kappa shape index (κ2) is 6.48. The van der Waals surface area contributed by atoms with Gasteiger partial charge < -0.3 is 25.8 Å². The van der Waals surface area contributed by atoms with Crippen molar-refractivity contribution in [3.8, 4) is 11.1 Å². The number of rotatable bonds is 4. The third-order valence-electron chi connectivity index (χ3n) is 3.50. The average molecular weight is 345 g/mol. The number of H-pyrrole nitrogens is 1. The molecule has 1 aromatic carbocycles. The first-order chi connectivity index (χ1) is 11.6. The van der Waals surface area contributed by atoms with Crippen LogP contribution in [0.4, 0.5) is 5.82 Å². The van der Waals surface area contributed by atoms with Crippen LogP contribution >= 0.6 is 0 Å². The van der Waals surface area contributed by atoms with Crippen molar-refractivity contribution in [2.45, 2.75) is 0 Å². The highest BCUT2D eigenvalue weighted by Crippen LogP contribution is 2.29. The Hall–Kier alpha value is -3.62. The SMILES string of the molecule is CN(C)C(=O)c1ccc(-c2c(C(=O)O)c(N)[nH]c(=O)c2C(=O)O)cc1. The van der Waals surface area contributed by atoms with Gasteiger partial charge in [0, 0.05) is 25.2 Å². The van der Waals surface area contributed by atoms with Crippen LogP contribution in [0.15, 0.2) is 29.1 Å². The van der Waals surface area contributed by atoms with E-state index in [1.807, 2.05) is 4.98 Å². The number of anilines is 1. The van der Waals surface area contributed by atoms with Gasteiger partial charge in [0.25, 0.3) is 11.5 Å². The summed E-state index contributed by atoms with van der Waals surface area (Å²) >= 11 is 0. The number of nitrogen functional groups attached to an aromatic ring is 1. The number of hydrogen-bond donors (Lipinski definition) is 4. The lowest BCUT2D eigenvalue weighted by Crippen LogP contribution is -2.24. The molecule has 0 spiro atoms. The Morgan fingerprint density at radius 3 is 1.96 bits per heavy atom. The molecule has 1 heterocycles. The summed E-state index contributed by atoms with van der Waals surface area (Å²) in [4.78, 5) is 50.2. The van der Waals surface area contributed by atoms with Crippen LogP contribution in [0.1, 0.15) is 31.1 Å². The van der Waals surface area contributed by atoms with Crippen molar-refractivity contribution in [1.82, 2.24) is 9.88 Å². The van der Waals surface area contributed by atoms with E-state index in [1.165, 1.54) is 29.2 Å². The molecule has 0 fully saturated rings. The van der Waals surface area contributed by atoms with Gasteiger partial charge in [-0.15, -0.1) is 0 Å². The van der Waals surface area contributed by atoms with Gasteiger partial charge in [-0.3, -0.25) is 9.59 Å². The van der Waals surface area contributed by atoms with E-state index in [1.54, 1.807) is 14.1 Å². The summed E-state index contributed by atoms with van der Waals surface area (Å²) in [5, 5.41) is 18.7. The number of carbonyl (C=O) groups excluding carboxylic acids is 1. The molecule has 0 saturated carbocycles. The maximum Gasteiger partial charge on any atom is 0.342 e. The van der Waals surface area contributed by atoms with E-state index in [0.29, 0.717) is 5.56 Å². The van der Waals surface area contributed by atoms with Crippen LogP contribution in [-0.2, 0) is 0 Å². The van der Waals surface area contributed by atoms with Gasteiger partial charge in [0.1, 0.15) is 16.9 Å². The fourth-order valence-corrected chi connectivity index (χ4v) is 2.37. The Balaban J connectivity index is 2.77. The van der Waals surface area contributed by atoms with Crippen LogP contribution in [0.3, 0.4) is 0 Å². The van der Waals surface area contributed by atoms with Gasteiger partial charge in [-0.05, 0) is 17.7 Å². The van der Waals surface area contributed by atoms with E-state index in [2.05, 4.69) is 0 Å². The molecule has 9 nitrogen and oxygen atoms in total. The highest BCUT2D eigenvalue weighted by molar-refractivity contribution is 6.07. The number of amides is 1. The first-order valence-corrected chi connectivity index (χ1v) is 6.99. The van der Waals surface area contributed by atoms with E-state index < -0.39 is 34.4 Å². The molecule has 9 heteroatoms. The van der Waals surface area contributed by atoms with E-state index in [-0.39, 0.29) is 17.0 Å². The molecule has 0 saturated heterocycles. The minimum atomic E-state index is -1.59. The molecule has 2 rings (SSSR count). The molecule has 1 aromatic heterocycles. The Kier molecular flexibility index (Phi) is 4.59. The zero-order valence-corrected chi connectivity index (χ0v) is 13.4. The number of nitrogens with two attached hydrogens (primary N) is 1. The van der Waals surface area contributed by atoms with Gasteiger partial charge in [-0.25, -0.2) is 9.59 Å². The summed E-state index contributed by atoms with van der Waals surface area (Å²) in [5.74, 6) is -3.81. The summed E-state index contributed by atoms with van der Waals surface area (Å²) in [7, 11) is 3.14. The first-order valence-electron chi connectivity index (χ1n) is 6.99. The van der Waals surface area contributed by atoms with E-state index >= 15 is 0 Å². The van der Waals surface area contributed by atoms with Crippen LogP contribution in [0, 0.1) is 0 Å². The monoisotopic (exact) mass is 345 g/mol. The number of benzene rings is 1. The molecular formula is C16H15N3O6. The molecule has 0 aliphatic rings. The van der Waals surface area contributed by atoms with Crippen LogP contribution in [0.25, 0.3) is 11.1 Å². The van der Waals surface area contributed by atoms with Crippen molar-refractivity contribution < 1.29 is 24.6 Å². The van der Waals surface area contributed by atoms with Crippen LogP contribution in [0.5, 0.6) is 0 Å². The predicted molar refractivity (Wildman–Crippen MR) is 88.8 cm³/mol. The number of nitrogens with one attached hydrogen (secondary N) is 1. The second-order valence-corrected chi connectivity index (χ2v) is 5.38. The van der Waals surface area contributed by atoms with Crippen molar-refractivity contribution in [3.05, 3.63) is 51.3 Å². The number of aromatic nitrogens is 1. The summed E-state index contributed by atoms with van der Waals surface area (Å²) in [6, 6.07) is 5.55. The third kappa shape index (κ3) is 3.20. The van der Waals surface area contributed by atoms with E-state index in [0.717, 1.165) is 0 Å². The molecule has 5 N–H and O–H groups in total. The largest absolute Gasteiger partial charge is 0.478 e. The fraction of sp³-hybridized carbons (Fsp3) is 0.125. The lowest BCUT2D eigenvalue weighted by Gasteiger charge is -2.13. The molecule has 130 valence electrons. The first kappa shape index (κ1) is 17.7. The molecule has 0 radical (unpaired) electrons. The lowest BCUT2D eigenvalue weighted by molar-refractivity contribution is 0.0695. The normalized spacial score (nSPS) is 10.3. The number of carboxylic acid groups (broad SMARTS) is 2. The Morgan fingerprint density at radius 2 is 1.52 bits per heavy atom. The average Bonchev–Trinajstić information content (AvgIpc) is 2.52. The van der Waals surface area contributed by atoms with Gasteiger partial charge in [0.05, 0.1) is 0 Å². The number of nitrogens with zero attached hydrogens (tertiary/aromatic N) is 1. The topological polar surface area (TPSA) is 154 Å². The Bertz CT molecular complexity index is 928. The summed E-state index contributed by atoms with van der Waals surface area (Å²) in [6.07, 6.45) is 0. The zero-order chi connectivity index (χ0) is 18.9. The van der Waals surface area contributed by atoms with Crippen molar-refractivity contribution in [2.24, 2.45) is 0 Å². The lowest BCUT2D eigenvalue weighted by atomic mass is 9.94. The Labute approximate surface area is 141 Å². The maximum absolute atomic E-state index is 11.9. The predicted octanol–water partition coefficient (Wildman–Crippen LogP) is 0.722. The molecule has 2 aromatic rings. The Morgan fingerprint density at radius 1 is 1.00 bits per heavy atom. The van der Waals surface area contributed by atoms with E-state index in [9.17, 15) is 29.4 Å². The molecule has 0 unspecified atom stereocenters. The van der Waals surface area contributed by atoms with Crippen molar-refractivity contribution in [2.75, 3.05) is 19.8 Å². The number of carboxylic acids is 2. The maximum atomic E-state index is 11.9. The van der Waals surface area contributed by atoms with Crippen molar-refractivity contribution >= 4 is 23.7 Å². The number of aromatic amines is 1. The molecule has 25 heavy (non-hydrogen) atoms. The molecule has 0 aliphatic carbocycles. The highest BCUT2D eigenvalue weighted by Gasteiger charge is 2.26. The highest BCUT2D eigenvalue weighted by atomic mass is 16.4. The second-order valence-electron chi connectivity index (χ2n) is 5.38. The van der Waals surface area contributed by atoms with Crippen LogP contribution in [0.2, 0.25) is 0 Å². The van der Waals surface area contributed by atoms with Crippen LogP contribution in [-0.4, -0.2) is 52.0 Å². The summed E-state index contributed by atoms with van der Waals surface area (Å²) in [6.45, 7) is 0. The minimum absolute atomic E-state index is 0.142. The van der Waals surface area contributed by atoms with Gasteiger partial charge >= 0.3 is 11.9 Å². The number of carbonyl (C=O) groups is 3. The summed E-state index contributed by atoms with van der Waals surface area (Å²) < 4.78 is 0. The van der Waals surface area contributed by atoms with Crippen molar-refractivity contribution in [3.63, 3.8) is 0 Å². The zero-order valence-electron chi connectivity index (χ0n) is 13.4. The number of aromatic carboxylic acids is 2. The van der Waals surface area contributed by atoms with E-state index in [4.69, 9.17) is 5.73 Å². The van der Waals surface area contributed by atoms with Gasteiger partial charge in [-0.2, -0.15) is 0 Å². The number of hydrogen-bond acceptors (Lipinski definition) is 5. The fourth-order valence-electron chi connectivity index (χ4n) is 2.37. The van der Waals surface area contributed by atoms with Gasteiger partial charge in [0.2, 0.25) is 0 Å². The van der Waals surface area contributed by atoms with Gasteiger partial charge in [-0.1, -0.05) is 12.1 Å². The van der Waals surface area contributed by atoms with Crippen LogP contribution < -0.4 is 11.3 Å². The minimum Gasteiger partial charge on any atom is -0.478 e. The third-order valence-corrected chi connectivity index (χ3v) is 3.50. The molecule has 0 atom stereocenters. The van der Waals surface area contributed by atoms with Gasteiger partial charge in [0.15, 0.2) is 0 Å². The summed E-state index contributed by atoms with van der Waals surface area (Å²) in [5.41, 5.74) is 3.43. The molecular weight excluding hydrogens is 330 g/mol. The molecule has 0 aliphatic heterocycles. The quantitative estimate of drug-likeness (QED) is 0.636. The van der Waals surface area contributed by atoms with Crippen molar-refractivity contribution in [1.29, 1.82) is 0 Å². The molecule has 1 amide bonds.